The Balaban J connectivity index is 1.85. The minimum atomic E-state index is -4.40. The molecule has 2 atom stereocenters. The Morgan fingerprint density at radius 2 is 1.76 bits per heavy atom. The molecule has 0 bridgehead atoms. The molecule has 0 aliphatic rings. The SMILES string of the molecule is COC(C(=O)OCCCC(CC(=O)Nc1cccc(S(=O)(=O)O)c1)C(C)=O)c1ccccc1. The molecule has 0 aromatic heterocycles. The van der Waals surface area contributed by atoms with Crippen LogP contribution in [0.1, 0.15) is 37.9 Å². The molecular formula is C23H27NO8S. The first-order valence-corrected chi connectivity index (χ1v) is 11.7. The fourth-order valence-corrected chi connectivity index (χ4v) is 3.72. The van der Waals surface area contributed by atoms with Gasteiger partial charge in [-0.2, -0.15) is 8.42 Å². The van der Waals surface area contributed by atoms with E-state index in [1.165, 1.54) is 32.2 Å². The molecular weight excluding hydrogens is 450 g/mol. The van der Waals surface area contributed by atoms with E-state index in [0.717, 1.165) is 6.07 Å². The molecule has 0 fully saturated rings. The molecule has 0 aliphatic heterocycles. The van der Waals surface area contributed by atoms with Crippen LogP contribution in [0.25, 0.3) is 0 Å². The van der Waals surface area contributed by atoms with Crippen molar-refractivity contribution in [3.8, 4) is 0 Å². The molecule has 0 radical (unpaired) electrons. The van der Waals surface area contributed by atoms with Crippen molar-refractivity contribution in [1.82, 2.24) is 0 Å². The van der Waals surface area contributed by atoms with Gasteiger partial charge >= 0.3 is 5.97 Å². The summed E-state index contributed by atoms with van der Waals surface area (Å²) >= 11 is 0. The van der Waals surface area contributed by atoms with Crippen LogP contribution in [0.15, 0.2) is 59.5 Å². The summed E-state index contributed by atoms with van der Waals surface area (Å²) in [5.74, 6) is -1.81. The summed E-state index contributed by atoms with van der Waals surface area (Å²) in [6.07, 6.45) is -0.278. The first kappa shape index (κ1) is 26.2. The fourth-order valence-electron chi connectivity index (χ4n) is 3.19. The van der Waals surface area contributed by atoms with Crippen molar-refractivity contribution in [2.24, 2.45) is 5.92 Å². The third-order valence-electron chi connectivity index (χ3n) is 4.92. The normalized spacial score (nSPS) is 13.1. The highest BCUT2D eigenvalue weighted by atomic mass is 32.2. The fraction of sp³-hybridized carbons (Fsp3) is 0.348. The first-order valence-electron chi connectivity index (χ1n) is 10.2. The van der Waals surface area contributed by atoms with Gasteiger partial charge in [0.05, 0.1) is 11.5 Å². The van der Waals surface area contributed by atoms with Crippen LogP contribution in [0.5, 0.6) is 0 Å². The van der Waals surface area contributed by atoms with Gasteiger partial charge in [-0.25, -0.2) is 4.79 Å². The topological polar surface area (TPSA) is 136 Å². The molecule has 9 nitrogen and oxygen atoms in total. The van der Waals surface area contributed by atoms with E-state index in [-0.39, 0.29) is 29.4 Å². The minimum absolute atomic E-state index is 0.0628. The van der Waals surface area contributed by atoms with E-state index in [1.807, 2.05) is 6.07 Å². The molecule has 33 heavy (non-hydrogen) atoms. The Morgan fingerprint density at radius 3 is 2.36 bits per heavy atom. The number of hydrogen-bond donors (Lipinski definition) is 2. The molecule has 0 saturated heterocycles. The quantitative estimate of drug-likeness (QED) is 0.270. The lowest BCUT2D eigenvalue weighted by Gasteiger charge is -2.16. The monoisotopic (exact) mass is 477 g/mol. The van der Waals surface area contributed by atoms with Crippen molar-refractivity contribution in [1.29, 1.82) is 0 Å². The van der Waals surface area contributed by atoms with Gasteiger partial charge in [-0.1, -0.05) is 36.4 Å². The molecule has 10 heteroatoms. The Kier molecular flexibility index (Phi) is 9.71. The van der Waals surface area contributed by atoms with Gasteiger partial charge < -0.3 is 14.8 Å². The van der Waals surface area contributed by atoms with E-state index < -0.39 is 34.0 Å². The number of hydrogen-bond acceptors (Lipinski definition) is 7. The van der Waals surface area contributed by atoms with Crippen molar-refractivity contribution in [3.05, 3.63) is 60.2 Å². The summed E-state index contributed by atoms with van der Waals surface area (Å²) in [7, 11) is -2.99. The average molecular weight is 478 g/mol. The number of esters is 1. The molecule has 0 aliphatic carbocycles. The third kappa shape index (κ3) is 8.41. The third-order valence-corrected chi connectivity index (χ3v) is 5.77. The van der Waals surface area contributed by atoms with Gasteiger partial charge in [-0.05, 0) is 43.5 Å². The summed E-state index contributed by atoms with van der Waals surface area (Å²) in [6, 6.07) is 14.1. The number of ether oxygens (including phenoxy) is 2. The Bertz CT molecular complexity index is 1070. The second kappa shape index (κ2) is 12.2. The maximum absolute atomic E-state index is 12.3. The van der Waals surface area contributed by atoms with Crippen LogP contribution in [0.4, 0.5) is 5.69 Å². The van der Waals surface area contributed by atoms with E-state index in [0.29, 0.717) is 18.4 Å². The lowest BCUT2D eigenvalue weighted by Crippen LogP contribution is -2.22. The first-order chi connectivity index (χ1) is 15.6. The van der Waals surface area contributed by atoms with Crippen molar-refractivity contribution in [2.75, 3.05) is 19.0 Å². The van der Waals surface area contributed by atoms with Crippen LogP contribution < -0.4 is 5.32 Å². The highest BCUT2D eigenvalue weighted by Crippen LogP contribution is 2.20. The van der Waals surface area contributed by atoms with Gasteiger partial charge in [0.25, 0.3) is 10.1 Å². The second-order valence-corrected chi connectivity index (χ2v) is 8.82. The average Bonchev–Trinajstić information content (AvgIpc) is 2.76. The van der Waals surface area contributed by atoms with Gasteiger partial charge in [0.2, 0.25) is 5.91 Å². The van der Waals surface area contributed by atoms with Crippen LogP contribution >= 0.6 is 0 Å². The van der Waals surface area contributed by atoms with Gasteiger partial charge in [0, 0.05) is 25.1 Å². The standard InChI is InChI=1S/C23H27NO8S/c1-16(25)18(14-21(26)24-19-11-6-12-20(15-19)33(28,29)30)10-7-13-32-23(27)22(31-2)17-8-4-3-5-9-17/h3-6,8-9,11-12,15,18,22H,7,10,13-14H2,1-2H3,(H,24,26)(H,28,29,30). The Morgan fingerprint density at radius 1 is 1.06 bits per heavy atom. The van der Waals surface area contributed by atoms with Crippen LogP contribution in [-0.4, -0.2) is 44.3 Å². The van der Waals surface area contributed by atoms with Crippen LogP contribution in [0, 0.1) is 5.92 Å². The predicted molar refractivity (Wildman–Crippen MR) is 120 cm³/mol. The van der Waals surface area contributed by atoms with Gasteiger partial charge in [-0.3, -0.25) is 14.1 Å². The predicted octanol–water partition coefficient (Wildman–Crippen LogP) is 3.18. The number of ketones is 1. The summed E-state index contributed by atoms with van der Waals surface area (Å²) < 4.78 is 42.1. The number of anilines is 1. The number of nitrogens with one attached hydrogen (secondary N) is 1. The van der Waals surface area contributed by atoms with Gasteiger partial charge in [-0.15, -0.1) is 0 Å². The molecule has 2 aromatic carbocycles. The molecule has 178 valence electrons. The number of carbonyl (C=O) groups is 3. The summed E-state index contributed by atoms with van der Waals surface area (Å²) in [5, 5.41) is 2.52. The Labute approximate surface area is 192 Å². The molecule has 2 unspecified atom stereocenters. The summed E-state index contributed by atoms with van der Waals surface area (Å²) in [4.78, 5) is 36.2. The summed E-state index contributed by atoms with van der Waals surface area (Å²) in [6.45, 7) is 1.44. The van der Waals surface area contributed by atoms with E-state index in [4.69, 9.17) is 14.0 Å². The molecule has 1 amide bonds. The van der Waals surface area contributed by atoms with Crippen molar-refractivity contribution < 1.29 is 36.8 Å². The van der Waals surface area contributed by atoms with Crippen molar-refractivity contribution in [2.45, 2.75) is 37.2 Å². The number of methoxy groups -OCH3 is 1. The van der Waals surface area contributed by atoms with Gasteiger partial charge in [0.1, 0.15) is 5.78 Å². The maximum atomic E-state index is 12.3. The summed E-state index contributed by atoms with van der Waals surface area (Å²) in [5.41, 5.74) is 0.847. The van der Waals surface area contributed by atoms with E-state index in [2.05, 4.69) is 5.32 Å². The zero-order valence-corrected chi connectivity index (χ0v) is 19.2. The highest BCUT2D eigenvalue weighted by molar-refractivity contribution is 7.85. The molecule has 2 rings (SSSR count). The maximum Gasteiger partial charge on any atom is 0.339 e. The number of Topliss-reactive ketones (excluding diaryl/α,β-unsaturated/α-hetero) is 1. The van der Waals surface area contributed by atoms with Crippen LogP contribution in [0.3, 0.4) is 0 Å². The van der Waals surface area contributed by atoms with E-state index in [9.17, 15) is 22.8 Å². The smallest absolute Gasteiger partial charge is 0.339 e. The van der Waals surface area contributed by atoms with Gasteiger partial charge in [0.15, 0.2) is 6.10 Å². The lowest BCUT2D eigenvalue weighted by atomic mass is 9.95. The van der Waals surface area contributed by atoms with Crippen LogP contribution in [-0.2, 0) is 34.0 Å². The number of benzene rings is 2. The lowest BCUT2D eigenvalue weighted by molar-refractivity contribution is -0.156. The van der Waals surface area contributed by atoms with E-state index >= 15 is 0 Å². The molecule has 0 saturated carbocycles. The number of amides is 1. The zero-order valence-electron chi connectivity index (χ0n) is 18.4. The highest BCUT2D eigenvalue weighted by Gasteiger charge is 2.23. The zero-order chi connectivity index (χ0) is 24.4. The number of rotatable bonds is 12. The molecule has 2 aromatic rings. The minimum Gasteiger partial charge on any atom is -0.464 e. The number of carbonyl (C=O) groups excluding carboxylic acids is 3. The van der Waals surface area contributed by atoms with Crippen LogP contribution in [0.2, 0.25) is 0 Å². The van der Waals surface area contributed by atoms with Crippen molar-refractivity contribution >= 4 is 33.5 Å². The van der Waals surface area contributed by atoms with E-state index in [1.54, 1.807) is 24.3 Å². The molecule has 0 heterocycles. The Hall–Kier alpha value is -3.08. The second-order valence-electron chi connectivity index (χ2n) is 7.40. The molecule has 2 N–H and O–H groups in total. The largest absolute Gasteiger partial charge is 0.464 e. The molecule has 0 spiro atoms. The van der Waals surface area contributed by atoms with Crippen molar-refractivity contribution in [3.63, 3.8) is 0 Å².